The molecule has 144 valence electrons. The highest BCUT2D eigenvalue weighted by Gasteiger charge is 2.29. The maximum absolute atomic E-state index is 2.76. The van der Waals surface area contributed by atoms with Gasteiger partial charge < -0.3 is 4.90 Å². The maximum Gasteiger partial charge on any atom is 0.0261 e. The van der Waals surface area contributed by atoms with E-state index in [-0.39, 0.29) is 0 Å². The zero-order chi connectivity index (χ0) is 17.9. The monoisotopic (exact) mass is 340 g/mol. The van der Waals surface area contributed by atoms with Gasteiger partial charge in [0.25, 0.3) is 0 Å². The molecule has 3 fully saturated rings. The van der Waals surface area contributed by atoms with Crippen molar-refractivity contribution < 1.29 is 0 Å². The van der Waals surface area contributed by atoms with E-state index in [1.807, 2.05) is 27.7 Å². The Kier molecular flexibility index (Phi) is 11.2. The topological polar surface area (TPSA) is 13.0 Å². The summed E-state index contributed by atoms with van der Waals surface area (Å²) in [5.41, 5.74) is 0. The minimum atomic E-state index is 0.856. The van der Waals surface area contributed by atoms with E-state index in [4.69, 9.17) is 0 Å². The van der Waals surface area contributed by atoms with Crippen molar-refractivity contribution in [3.05, 3.63) is 0 Å². The van der Waals surface area contributed by atoms with Crippen LogP contribution in [0.1, 0.15) is 60.3 Å². The fourth-order valence-electron chi connectivity index (χ4n) is 4.00. The van der Waals surface area contributed by atoms with Crippen LogP contribution in [0.2, 0.25) is 0 Å². The SMILES string of the molecule is CC.CC.CC1CCN(N2CCN(C3CCN(C)CC3)CC2)CC1. The summed E-state index contributed by atoms with van der Waals surface area (Å²) >= 11 is 0. The molecule has 4 nitrogen and oxygen atoms in total. The molecule has 3 saturated heterocycles. The van der Waals surface area contributed by atoms with Crippen LogP contribution in [-0.2, 0) is 0 Å². The molecule has 0 aromatic rings. The molecule has 3 heterocycles. The maximum atomic E-state index is 2.76. The molecule has 0 radical (unpaired) electrons. The Bertz CT molecular complexity index is 256. The van der Waals surface area contributed by atoms with E-state index in [0.717, 1.165) is 12.0 Å². The van der Waals surface area contributed by atoms with Crippen LogP contribution in [0.3, 0.4) is 0 Å². The Morgan fingerprint density at radius 1 is 0.583 bits per heavy atom. The predicted octanol–water partition coefficient (Wildman–Crippen LogP) is 3.40. The Hall–Kier alpha value is -0.160. The summed E-state index contributed by atoms with van der Waals surface area (Å²) in [6.07, 6.45) is 5.51. The minimum absolute atomic E-state index is 0.856. The van der Waals surface area contributed by atoms with E-state index in [1.54, 1.807) is 0 Å². The van der Waals surface area contributed by atoms with E-state index in [2.05, 4.69) is 33.8 Å². The average molecular weight is 341 g/mol. The van der Waals surface area contributed by atoms with Gasteiger partial charge in [-0.25, -0.2) is 10.0 Å². The molecule has 24 heavy (non-hydrogen) atoms. The molecule has 0 aliphatic carbocycles. The van der Waals surface area contributed by atoms with Crippen LogP contribution in [0.4, 0.5) is 0 Å². The van der Waals surface area contributed by atoms with E-state index < -0.39 is 0 Å². The molecule has 0 amide bonds. The van der Waals surface area contributed by atoms with Gasteiger partial charge in [0.2, 0.25) is 0 Å². The molecule has 0 saturated carbocycles. The number of hydrogen-bond acceptors (Lipinski definition) is 4. The van der Waals surface area contributed by atoms with Crippen molar-refractivity contribution >= 4 is 0 Å². The zero-order valence-electron chi connectivity index (χ0n) is 17.4. The molecule has 0 unspecified atom stereocenters. The quantitative estimate of drug-likeness (QED) is 0.764. The van der Waals surface area contributed by atoms with Gasteiger partial charge in [0.05, 0.1) is 0 Å². The summed E-state index contributed by atoms with van der Waals surface area (Å²) in [6.45, 7) is 20.6. The number of nitrogens with zero attached hydrogens (tertiary/aromatic N) is 4. The Labute approximate surface area is 152 Å². The third-order valence-corrected chi connectivity index (χ3v) is 5.66. The number of rotatable bonds is 2. The van der Waals surface area contributed by atoms with Gasteiger partial charge in [-0.05, 0) is 51.7 Å². The lowest BCUT2D eigenvalue weighted by atomic mass is 10.00. The van der Waals surface area contributed by atoms with Crippen LogP contribution in [-0.4, -0.2) is 85.3 Å². The highest BCUT2D eigenvalue weighted by atomic mass is 15.6. The van der Waals surface area contributed by atoms with Crippen LogP contribution < -0.4 is 0 Å². The number of piperidine rings is 2. The van der Waals surface area contributed by atoms with Gasteiger partial charge in [-0.1, -0.05) is 34.6 Å². The van der Waals surface area contributed by atoms with Crippen molar-refractivity contribution in [3.63, 3.8) is 0 Å². The predicted molar refractivity (Wildman–Crippen MR) is 106 cm³/mol. The molecular formula is C20H44N4. The minimum Gasteiger partial charge on any atom is -0.306 e. The normalized spacial score (nSPS) is 26.2. The van der Waals surface area contributed by atoms with Crippen molar-refractivity contribution in [1.29, 1.82) is 0 Å². The molecule has 0 aromatic heterocycles. The summed E-state index contributed by atoms with van der Waals surface area (Å²) < 4.78 is 0. The third kappa shape index (κ3) is 6.62. The summed E-state index contributed by atoms with van der Waals surface area (Å²) in [7, 11) is 2.26. The molecule has 3 rings (SSSR count). The highest BCUT2D eigenvalue weighted by Crippen LogP contribution is 2.21. The van der Waals surface area contributed by atoms with Gasteiger partial charge in [0.15, 0.2) is 0 Å². The number of likely N-dealkylation sites (tertiary alicyclic amines) is 1. The van der Waals surface area contributed by atoms with E-state index in [0.29, 0.717) is 0 Å². The number of piperazine rings is 1. The van der Waals surface area contributed by atoms with Gasteiger partial charge in [-0.3, -0.25) is 4.90 Å². The first-order valence-corrected chi connectivity index (χ1v) is 10.6. The van der Waals surface area contributed by atoms with Crippen LogP contribution in [0, 0.1) is 5.92 Å². The lowest BCUT2D eigenvalue weighted by molar-refractivity contribution is -0.0829. The molecule has 0 atom stereocenters. The van der Waals surface area contributed by atoms with Crippen LogP contribution in [0.15, 0.2) is 0 Å². The average Bonchev–Trinajstić information content (AvgIpc) is 2.66. The molecule has 0 spiro atoms. The zero-order valence-corrected chi connectivity index (χ0v) is 17.4. The second kappa shape index (κ2) is 12.2. The fourth-order valence-corrected chi connectivity index (χ4v) is 4.00. The first kappa shape index (κ1) is 21.9. The van der Waals surface area contributed by atoms with Gasteiger partial charge in [0.1, 0.15) is 0 Å². The summed E-state index contributed by atoms with van der Waals surface area (Å²) in [4.78, 5) is 5.23. The van der Waals surface area contributed by atoms with E-state index in [9.17, 15) is 0 Å². The molecule has 0 N–H and O–H groups in total. The number of hydrogen-bond donors (Lipinski definition) is 0. The molecule has 4 heteroatoms. The Balaban J connectivity index is 0.000000671. The molecule has 3 aliphatic rings. The smallest absolute Gasteiger partial charge is 0.0261 e. The first-order chi connectivity index (χ1) is 11.7. The van der Waals surface area contributed by atoms with Crippen molar-refractivity contribution in [2.24, 2.45) is 5.92 Å². The highest BCUT2D eigenvalue weighted by molar-refractivity contribution is 4.83. The second-order valence-corrected chi connectivity index (χ2v) is 7.16. The molecule has 3 aliphatic heterocycles. The Morgan fingerprint density at radius 3 is 1.54 bits per heavy atom. The molecule has 0 bridgehead atoms. The lowest BCUT2D eigenvalue weighted by Gasteiger charge is -2.46. The van der Waals surface area contributed by atoms with Crippen molar-refractivity contribution in [1.82, 2.24) is 19.8 Å². The number of hydrazine groups is 1. The van der Waals surface area contributed by atoms with Crippen LogP contribution in [0.5, 0.6) is 0 Å². The summed E-state index contributed by atoms with van der Waals surface area (Å²) in [5, 5.41) is 5.27. The van der Waals surface area contributed by atoms with Gasteiger partial charge in [-0.15, -0.1) is 0 Å². The Morgan fingerprint density at radius 2 is 1.04 bits per heavy atom. The van der Waals surface area contributed by atoms with Gasteiger partial charge in [-0.2, -0.15) is 0 Å². The largest absolute Gasteiger partial charge is 0.306 e. The summed E-state index contributed by atoms with van der Waals surface area (Å²) in [6, 6.07) is 0.856. The van der Waals surface area contributed by atoms with Crippen LogP contribution in [0.25, 0.3) is 0 Å². The fraction of sp³-hybridized carbons (Fsp3) is 1.00. The van der Waals surface area contributed by atoms with Crippen molar-refractivity contribution in [2.75, 3.05) is 59.4 Å². The third-order valence-electron chi connectivity index (χ3n) is 5.66. The van der Waals surface area contributed by atoms with Crippen molar-refractivity contribution in [2.45, 2.75) is 66.3 Å². The van der Waals surface area contributed by atoms with E-state index in [1.165, 1.54) is 78.0 Å². The van der Waals surface area contributed by atoms with Crippen LogP contribution >= 0.6 is 0 Å². The summed E-state index contributed by atoms with van der Waals surface area (Å²) in [5.74, 6) is 0.937. The van der Waals surface area contributed by atoms with Gasteiger partial charge >= 0.3 is 0 Å². The first-order valence-electron chi connectivity index (χ1n) is 10.6. The van der Waals surface area contributed by atoms with E-state index >= 15 is 0 Å². The standard InChI is InChI=1S/C16H32N4.2C2H6/c1-15-3-9-19(10-4-15)20-13-11-18(12-14-20)16-5-7-17(2)8-6-16;2*1-2/h15-16H,3-14H2,1-2H3;2*1-2H3. The lowest BCUT2D eigenvalue weighted by Crippen LogP contribution is -2.58. The second-order valence-electron chi connectivity index (χ2n) is 7.16. The van der Waals surface area contributed by atoms with Crippen molar-refractivity contribution in [3.8, 4) is 0 Å². The van der Waals surface area contributed by atoms with Gasteiger partial charge in [0, 0.05) is 45.3 Å². The molecule has 0 aromatic carbocycles. The molecular weight excluding hydrogens is 296 g/mol.